The molecule has 2 fully saturated rings. The van der Waals surface area contributed by atoms with Crippen LogP contribution in [0.2, 0.25) is 0 Å². The summed E-state index contributed by atoms with van der Waals surface area (Å²) in [6.45, 7) is 9.05. The van der Waals surface area contributed by atoms with Crippen molar-refractivity contribution in [1.29, 1.82) is 0 Å². The molecule has 7 heteroatoms. The highest BCUT2D eigenvalue weighted by molar-refractivity contribution is 5.68. The van der Waals surface area contributed by atoms with Gasteiger partial charge in [-0.1, -0.05) is 42.8 Å². The Hall–Kier alpha value is -2.77. The fourth-order valence-corrected chi connectivity index (χ4v) is 4.49. The predicted octanol–water partition coefficient (Wildman–Crippen LogP) is 5.85. The lowest BCUT2D eigenvalue weighted by molar-refractivity contribution is -0.0426. The summed E-state index contributed by atoms with van der Waals surface area (Å²) in [5, 5.41) is 10.2. The van der Waals surface area contributed by atoms with Gasteiger partial charge in [0.15, 0.2) is 0 Å². The van der Waals surface area contributed by atoms with Crippen LogP contribution in [-0.2, 0) is 9.47 Å². The van der Waals surface area contributed by atoms with E-state index >= 15 is 0 Å². The van der Waals surface area contributed by atoms with E-state index in [9.17, 15) is 9.90 Å². The highest BCUT2D eigenvalue weighted by atomic mass is 16.6. The van der Waals surface area contributed by atoms with Crippen LogP contribution in [0, 0.1) is 0 Å². The SMILES string of the molecule is CC(C)(C)OC(=O)N1CCC(Oc2ccccc2)C(O)C1.CCOC1CCCCC1Oc1ccccc1. The Morgan fingerprint density at radius 3 is 1.92 bits per heavy atom. The van der Waals surface area contributed by atoms with Crippen LogP contribution in [0.25, 0.3) is 0 Å². The number of hydrogen-bond donors (Lipinski definition) is 1. The third-order valence-electron chi connectivity index (χ3n) is 6.26. The largest absolute Gasteiger partial charge is 0.488 e. The maximum atomic E-state index is 12.0. The first-order valence-corrected chi connectivity index (χ1v) is 13.5. The van der Waals surface area contributed by atoms with Crippen LogP contribution in [0.15, 0.2) is 60.7 Å². The summed E-state index contributed by atoms with van der Waals surface area (Å²) >= 11 is 0. The van der Waals surface area contributed by atoms with E-state index in [0.29, 0.717) is 13.0 Å². The van der Waals surface area contributed by atoms with Gasteiger partial charge in [0.2, 0.25) is 0 Å². The third kappa shape index (κ3) is 9.90. The molecule has 1 saturated carbocycles. The molecule has 4 rings (SSSR count). The van der Waals surface area contributed by atoms with E-state index in [2.05, 4.69) is 0 Å². The molecule has 1 amide bonds. The van der Waals surface area contributed by atoms with Gasteiger partial charge in [-0.2, -0.15) is 0 Å². The van der Waals surface area contributed by atoms with Crippen molar-refractivity contribution in [1.82, 2.24) is 4.90 Å². The number of carbonyl (C=O) groups excluding carboxylic acids is 1. The molecular formula is C30H43NO6. The monoisotopic (exact) mass is 513 g/mol. The zero-order valence-electron chi connectivity index (χ0n) is 22.7. The molecule has 4 atom stereocenters. The van der Waals surface area contributed by atoms with Crippen molar-refractivity contribution < 1.29 is 28.8 Å². The number of aliphatic hydroxyl groups excluding tert-OH is 1. The minimum Gasteiger partial charge on any atom is -0.488 e. The predicted molar refractivity (Wildman–Crippen MR) is 144 cm³/mol. The van der Waals surface area contributed by atoms with Crippen LogP contribution in [0.1, 0.15) is 59.8 Å². The van der Waals surface area contributed by atoms with Gasteiger partial charge >= 0.3 is 6.09 Å². The average Bonchev–Trinajstić information content (AvgIpc) is 2.87. The van der Waals surface area contributed by atoms with Crippen molar-refractivity contribution in [2.45, 2.75) is 89.8 Å². The van der Waals surface area contributed by atoms with E-state index in [1.807, 2.05) is 88.4 Å². The van der Waals surface area contributed by atoms with E-state index in [4.69, 9.17) is 18.9 Å². The molecule has 0 spiro atoms. The zero-order chi connectivity index (χ0) is 26.7. The van der Waals surface area contributed by atoms with Gasteiger partial charge < -0.3 is 29.0 Å². The second-order valence-electron chi connectivity index (χ2n) is 10.5. The number of amides is 1. The summed E-state index contributed by atoms with van der Waals surface area (Å²) in [4.78, 5) is 13.5. The van der Waals surface area contributed by atoms with E-state index < -0.39 is 11.7 Å². The van der Waals surface area contributed by atoms with Crippen LogP contribution in [0.3, 0.4) is 0 Å². The molecule has 2 aromatic carbocycles. The molecule has 37 heavy (non-hydrogen) atoms. The number of aliphatic hydroxyl groups is 1. The summed E-state index contributed by atoms with van der Waals surface area (Å²) in [5.41, 5.74) is -0.528. The minimum atomic E-state index is -0.716. The van der Waals surface area contributed by atoms with Crippen LogP contribution in [0.5, 0.6) is 11.5 Å². The number of β-amino-alcohol motifs (C(OH)–C–C–N with tert-alkyl or cyclic N) is 1. The Labute approximate surface area is 221 Å². The molecule has 0 aromatic heterocycles. The summed E-state index contributed by atoms with van der Waals surface area (Å²) < 4.78 is 22.8. The number of rotatable bonds is 6. The molecule has 0 bridgehead atoms. The molecule has 1 aliphatic carbocycles. The van der Waals surface area contributed by atoms with E-state index in [0.717, 1.165) is 30.9 Å². The van der Waals surface area contributed by atoms with Gasteiger partial charge in [0.05, 0.1) is 12.6 Å². The van der Waals surface area contributed by atoms with Crippen LogP contribution in [0.4, 0.5) is 4.79 Å². The van der Waals surface area contributed by atoms with Crippen LogP contribution in [-0.4, -0.2) is 65.8 Å². The van der Waals surface area contributed by atoms with Crippen molar-refractivity contribution >= 4 is 6.09 Å². The fraction of sp³-hybridized carbons (Fsp3) is 0.567. The molecule has 0 radical (unpaired) electrons. The van der Waals surface area contributed by atoms with E-state index in [1.165, 1.54) is 17.7 Å². The second kappa shape index (κ2) is 14.2. The topological polar surface area (TPSA) is 77.5 Å². The van der Waals surface area contributed by atoms with Crippen molar-refractivity contribution in [2.75, 3.05) is 19.7 Å². The fourth-order valence-electron chi connectivity index (χ4n) is 4.49. The normalized spacial score (nSPS) is 23.9. The summed E-state index contributed by atoms with van der Waals surface area (Å²) in [7, 11) is 0. The quantitative estimate of drug-likeness (QED) is 0.522. The van der Waals surface area contributed by atoms with Crippen LogP contribution < -0.4 is 9.47 Å². The standard InChI is InChI=1S/C16H23NO4.C14H20O2/c1-16(2,3)21-15(19)17-10-9-14(13(18)11-17)20-12-7-5-4-6-8-12;1-2-15-13-10-6-7-11-14(13)16-12-8-4-3-5-9-12/h4-8,13-14,18H,9-11H2,1-3H3;3-5,8-9,13-14H,2,6-7,10-11H2,1H3. The smallest absolute Gasteiger partial charge is 0.410 e. The summed E-state index contributed by atoms with van der Waals surface area (Å²) in [6, 6.07) is 19.4. The Kier molecular flexibility index (Phi) is 11.1. The van der Waals surface area contributed by atoms with Crippen molar-refractivity contribution in [2.24, 2.45) is 0 Å². The average molecular weight is 514 g/mol. The van der Waals surface area contributed by atoms with Crippen LogP contribution >= 0.6 is 0 Å². The highest BCUT2D eigenvalue weighted by Gasteiger charge is 2.33. The van der Waals surface area contributed by atoms with Gasteiger partial charge in [-0.15, -0.1) is 0 Å². The first-order chi connectivity index (χ1) is 17.7. The van der Waals surface area contributed by atoms with Gasteiger partial charge in [0.1, 0.15) is 35.4 Å². The molecular weight excluding hydrogens is 470 g/mol. The molecule has 2 aliphatic rings. The molecule has 4 unspecified atom stereocenters. The van der Waals surface area contributed by atoms with Crippen molar-refractivity contribution in [3.8, 4) is 11.5 Å². The van der Waals surface area contributed by atoms with Gasteiger partial charge in [-0.3, -0.25) is 0 Å². The number of hydrogen-bond acceptors (Lipinski definition) is 6. The maximum absolute atomic E-state index is 12.0. The van der Waals surface area contributed by atoms with E-state index in [1.54, 1.807) is 0 Å². The minimum absolute atomic E-state index is 0.229. The van der Waals surface area contributed by atoms with Gasteiger partial charge in [-0.25, -0.2) is 4.79 Å². The Balaban J connectivity index is 0.000000213. The zero-order valence-corrected chi connectivity index (χ0v) is 22.7. The number of piperidine rings is 1. The number of benzene rings is 2. The number of carbonyl (C=O) groups is 1. The molecule has 1 N–H and O–H groups in total. The lowest BCUT2D eigenvalue weighted by atomic mass is 9.94. The first-order valence-electron chi connectivity index (χ1n) is 13.5. The number of ether oxygens (including phenoxy) is 4. The number of para-hydroxylation sites is 2. The molecule has 1 aliphatic heterocycles. The second-order valence-corrected chi connectivity index (χ2v) is 10.5. The first kappa shape index (κ1) is 28.8. The van der Waals surface area contributed by atoms with Gasteiger partial charge in [0.25, 0.3) is 0 Å². The number of likely N-dealkylation sites (tertiary alicyclic amines) is 1. The Morgan fingerprint density at radius 2 is 1.41 bits per heavy atom. The molecule has 7 nitrogen and oxygen atoms in total. The van der Waals surface area contributed by atoms with Gasteiger partial charge in [-0.05, 0) is 71.2 Å². The van der Waals surface area contributed by atoms with Gasteiger partial charge in [0, 0.05) is 19.6 Å². The molecule has 204 valence electrons. The molecule has 1 saturated heterocycles. The Morgan fingerprint density at radius 1 is 0.865 bits per heavy atom. The van der Waals surface area contributed by atoms with E-state index in [-0.39, 0.29) is 30.9 Å². The lowest BCUT2D eigenvalue weighted by Crippen LogP contribution is -2.52. The lowest BCUT2D eigenvalue weighted by Gasteiger charge is -2.36. The summed E-state index contributed by atoms with van der Waals surface area (Å²) in [6.07, 6.45) is 4.44. The molecule has 2 aromatic rings. The van der Waals surface area contributed by atoms with Crippen molar-refractivity contribution in [3.05, 3.63) is 60.7 Å². The third-order valence-corrected chi connectivity index (χ3v) is 6.26. The molecule has 1 heterocycles. The Bertz CT molecular complexity index is 915. The highest BCUT2D eigenvalue weighted by Crippen LogP contribution is 2.26. The summed E-state index contributed by atoms with van der Waals surface area (Å²) in [5.74, 6) is 1.69. The maximum Gasteiger partial charge on any atom is 0.410 e. The number of nitrogens with zero attached hydrogens (tertiary/aromatic N) is 1. The van der Waals surface area contributed by atoms with Crippen molar-refractivity contribution in [3.63, 3.8) is 0 Å².